The van der Waals surface area contributed by atoms with Crippen LogP contribution in [-0.4, -0.2) is 23.4 Å². The topological polar surface area (TPSA) is 52.6 Å². The van der Waals surface area contributed by atoms with Crippen molar-refractivity contribution < 1.29 is 18.5 Å². The lowest BCUT2D eigenvalue weighted by molar-refractivity contribution is -0.150. The van der Waals surface area contributed by atoms with Gasteiger partial charge in [0.05, 0.1) is 22.8 Å². The minimum atomic E-state index is -1.70. The molecule has 1 aromatic carbocycles. The summed E-state index contributed by atoms with van der Waals surface area (Å²) in [6.45, 7) is 10.2. The zero-order chi connectivity index (χ0) is 18.6. The van der Waals surface area contributed by atoms with Gasteiger partial charge < -0.3 is 9.47 Å². The Bertz CT molecular complexity index is 653. The number of hydrogen-bond acceptors (Lipinski definition) is 4. The fourth-order valence-electron chi connectivity index (χ4n) is 3.43. The first kappa shape index (κ1) is 19.7. The number of rotatable bonds is 6. The van der Waals surface area contributed by atoms with Gasteiger partial charge in [0.25, 0.3) is 0 Å². The standard InChI is InChI=1S/C20H28O4S/c1-13(2)16-11-10-14(3)12-18(16)24-20(21)15(4)25(22)19-9-7-6-8-17(19)23-5/h6-9,13-14,16,18H,4,10-12H2,1-3,5H3/t14-,16+,18-,25-/m1/s1. The van der Waals surface area contributed by atoms with Gasteiger partial charge in [-0.1, -0.05) is 45.9 Å². The summed E-state index contributed by atoms with van der Waals surface area (Å²) in [7, 11) is -0.191. The smallest absolute Gasteiger partial charge is 0.347 e. The van der Waals surface area contributed by atoms with Gasteiger partial charge in [-0.2, -0.15) is 0 Å². The fraction of sp³-hybridized carbons (Fsp3) is 0.550. The lowest BCUT2D eigenvalue weighted by atomic mass is 9.75. The van der Waals surface area contributed by atoms with Crippen LogP contribution in [0.3, 0.4) is 0 Å². The highest BCUT2D eigenvalue weighted by atomic mass is 32.2. The lowest BCUT2D eigenvalue weighted by Gasteiger charge is -2.36. The Balaban J connectivity index is 2.11. The molecule has 0 aromatic heterocycles. The number of methoxy groups -OCH3 is 1. The number of carbonyl (C=O) groups excluding carboxylic acids is 1. The van der Waals surface area contributed by atoms with Crippen molar-refractivity contribution in [3.63, 3.8) is 0 Å². The van der Waals surface area contributed by atoms with E-state index in [2.05, 4.69) is 27.4 Å². The van der Waals surface area contributed by atoms with Crippen LogP contribution in [0.5, 0.6) is 5.75 Å². The van der Waals surface area contributed by atoms with E-state index in [4.69, 9.17) is 9.47 Å². The van der Waals surface area contributed by atoms with Gasteiger partial charge in [0, 0.05) is 0 Å². The van der Waals surface area contributed by atoms with E-state index in [1.807, 2.05) is 0 Å². The number of hydrogen-bond donors (Lipinski definition) is 0. The highest BCUT2D eigenvalue weighted by Gasteiger charge is 2.34. The number of para-hydroxylation sites is 1. The molecule has 0 radical (unpaired) electrons. The Morgan fingerprint density at radius 3 is 2.60 bits per heavy atom. The highest BCUT2D eigenvalue weighted by molar-refractivity contribution is 7.90. The van der Waals surface area contributed by atoms with Crippen molar-refractivity contribution in [1.29, 1.82) is 0 Å². The maximum Gasteiger partial charge on any atom is 0.347 e. The van der Waals surface area contributed by atoms with Crippen LogP contribution >= 0.6 is 0 Å². The van der Waals surface area contributed by atoms with E-state index in [0.29, 0.717) is 28.4 Å². The van der Waals surface area contributed by atoms with Gasteiger partial charge in [0.15, 0.2) is 0 Å². The van der Waals surface area contributed by atoms with Gasteiger partial charge in [-0.15, -0.1) is 0 Å². The van der Waals surface area contributed by atoms with E-state index in [1.165, 1.54) is 7.11 Å². The van der Waals surface area contributed by atoms with E-state index in [-0.39, 0.29) is 11.0 Å². The molecule has 4 atom stereocenters. The lowest BCUT2D eigenvalue weighted by Crippen LogP contribution is -2.36. The predicted molar refractivity (Wildman–Crippen MR) is 99.8 cm³/mol. The Kier molecular flexibility index (Phi) is 6.82. The van der Waals surface area contributed by atoms with E-state index in [9.17, 15) is 9.00 Å². The molecule has 0 aliphatic heterocycles. The van der Waals surface area contributed by atoms with Gasteiger partial charge >= 0.3 is 5.97 Å². The summed E-state index contributed by atoms with van der Waals surface area (Å²) in [5.41, 5.74) is 0. The van der Waals surface area contributed by atoms with E-state index in [0.717, 1.165) is 19.3 Å². The molecule has 1 aliphatic carbocycles. The molecule has 0 N–H and O–H groups in total. The van der Waals surface area contributed by atoms with E-state index >= 15 is 0 Å². The van der Waals surface area contributed by atoms with Gasteiger partial charge in [-0.05, 0) is 42.7 Å². The summed E-state index contributed by atoms with van der Waals surface area (Å²) < 4.78 is 23.7. The summed E-state index contributed by atoms with van der Waals surface area (Å²) in [5, 5.41) is 0. The van der Waals surface area contributed by atoms with Crippen molar-refractivity contribution in [3.05, 3.63) is 35.7 Å². The Morgan fingerprint density at radius 2 is 1.96 bits per heavy atom. The van der Waals surface area contributed by atoms with E-state index in [1.54, 1.807) is 24.3 Å². The van der Waals surface area contributed by atoms with Crippen LogP contribution in [0.2, 0.25) is 0 Å². The molecule has 4 nitrogen and oxygen atoms in total. The molecule has 1 saturated carbocycles. The Morgan fingerprint density at radius 1 is 1.28 bits per heavy atom. The molecule has 0 amide bonds. The van der Waals surface area contributed by atoms with Crippen LogP contribution in [-0.2, 0) is 20.3 Å². The van der Waals surface area contributed by atoms with Gasteiger partial charge in [0.2, 0.25) is 0 Å². The van der Waals surface area contributed by atoms with Crippen LogP contribution in [0.4, 0.5) is 0 Å². The molecule has 2 rings (SSSR count). The van der Waals surface area contributed by atoms with Gasteiger partial charge in [-0.25, -0.2) is 9.00 Å². The summed E-state index contributed by atoms with van der Waals surface area (Å²) in [5.74, 6) is 1.21. The molecule has 0 spiro atoms. The van der Waals surface area contributed by atoms with Crippen LogP contribution in [0.25, 0.3) is 0 Å². The maximum absolute atomic E-state index is 12.7. The minimum Gasteiger partial charge on any atom is -0.495 e. The third-order valence-corrected chi connectivity index (χ3v) is 6.29. The molecule has 0 bridgehead atoms. The second-order valence-electron chi connectivity index (χ2n) is 7.11. The first-order valence-electron chi connectivity index (χ1n) is 8.79. The average molecular weight is 365 g/mol. The molecule has 0 saturated heterocycles. The highest BCUT2D eigenvalue weighted by Crippen LogP contribution is 2.36. The Labute approximate surface area is 153 Å². The molecule has 5 heteroatoms. The molecular weight excluding hydrogens is 336 g/mol. The average Bonchev–Trinajstić information content (AvgIpc) is 2.60. The molecule has 0 unspecified atom stereocenters. The zero-order valence-electron chi connectivity index (χ0n) is 15.5. The van der Waals surface area contributed by atoms with Crippen molar-refractivity contribution in [3.8, 4) is 5.75 Å². The molecular formula is C20H28O4S. The second-order valence-corrected chi connectivity index (χ2v) is 8.58. The zero-order valence-corrected chi connectivity index (χ0v) is 16.3. The van der Waals surface area contributed by atoms with Crippen LogP contribution in [0.1, 0.15) is 40.0 Å². The van der Waals surface area contributed by atoms with Gasteiger partial charge in [-0.3, -0.25) is 0 Å². The summed E-state index contributed by atoms with van der Waals surface area (Å²) >= 11 is 0. The Hall–Kier alpha value is -1.62. The normalized spacial score (nSPS) is 24.6. The molecule has 1 fully saturated rings. The summed E-state index contributed by atoms with van der Waals surface area (Å²) in [6.07, 6.45) is 2.93. The molecule has 1 aromatic rings. The molecule has 25 heavy (non-hydrogen) atoms. The number of esters is 1. The van der Waals surface area contributed by atoms with Crippen molar-refractivity contribution in [2.45, 2.75) is 51.0 Å². The van der Waals surface area contributed by atoms with Crippen molar-refractivity contribution >= 4 is 16.8 Å². The number of benzene rings is 1. The second kappa shape index (κ2) is 8.65. The van der Waals surface area contributed by atoms with Crippen molar-refractivity contribution in [2.75, 3.05) is 7.11 Å². The largest absolute Gasteiger partial charge is 0.495 e. The molecule has 138 valence electrons. The van der Waals surface area contributed by atoms with Crippen molar-refractivity contribution in [2.24, 2.45) is 17.8 Å². The molecule has 0 heterocycles. The third kappa shape index (κ3) is 4.72. The van der Waals surface area contributed by atoms with Crippen molar-refractivity contribution in [1.82, 2.24) is 0 Å². The van der Waals surface area contributed by atoms with Crippen LogP contribution in [0, 0.1) is 17.8 Å². The minimum absolute atomic E-state index is 0.0368. The first-order valence-corrected chi connectivity index (χ1v) is 9.94. The summed E-state index contributed by atoms with van der Waals surface area (Å²) in [4.78, 5) is 12.9. The van der Waals surface area contributed by atoms with E-state index < -0.39 is 16.8 Å². The maximum atomic E-state index is 12.7. The first-order chi connectivity index (χ1) is 11.8. The van der Waals surface area contributed by atoms with Crippen LogP contribution < -0.4 is 4.74 Å². The SMILES string of the molecule is C=C(C(=O)O[C@@H]1C[C@H](C)CC[C@H]1C(C)C)[S@@](=O)c1ccccc1OC. The van der Waals surface area contributed by atoms with Crippen LogP contribution in [0.15, 0.2) is 40.6 Å². The molecule has 1 aliphatic rings. The van der Waals surface area contributed by atoms with Gasteiger partial charge in [0.1, 0.15) is 16.8 Å². The third-order valence-electron chi connectivity index (χ3n) is 4.94. The summed E-state index contributed by atoms with van der Waals surface area (Å²) in [6, 6.07) is 6.93. The number of ether oxygens (including phenoxy) is 2. The quantitative estimate of drug-likeness (QED) is 0.557. The fourth-order valence-corrected chi connectivity index (χ4v) is 4.44. The monoisotopic (exact) mass is 364 g/mol. The predicted octanol–water partition coefficient (Wildman–Crippen LogP) is 4.32. The number of carbonyl (C=O) groups is 1.